The predicted molar refractivity (Wildman–Crippen MR) is 71.4 cm³/mol. The van der Waals surface area contributed by atoms with E-state index in [1.807, 2.05) is 25.1 Å². The number of nitrogens with one attached hydrogen (secondary N) is 1. The van der Waals surface area contributed by atoms with Gasteiger partial charge in [-0.05, 0) is 48.0 Å². The molecule has 1 N–H and O–H groups in total. The molecule has 0 aromatic heterocycles. The summed E-state index contributed by atoms with van der Waals surface area (Å²) in [6.45, 7) is 4.14. The first-order valence-corrected chi connectivity index (χ1v) is 6.37. The van der Waals surface area contributed by atoms with E-state index in [4.69, 9.17) is 4.74 Å². The van der Waals surface area contributed by atoms with Gasteiger partial charge in [-0.3, -0.25) is 0 Å². The molecule has 1 aromatic carbocycles. The minimum Gasteiger partial charge on any atom is -0.380 e. The van der Waals surface area contributed by atoms with E-state index in [0.29, 0.717) is 0 Å². The number of benzene rings is 1. The second-order valence-corrected chi connectivity index (χ2v) is 5.27. The van der Waals surface area contributed by atoms with E-state index in [-0.39, 0.29) is 12.1 Å². The molecule has 0 radical (unpaired) electrons. The predicted octanol–water partition coefficient (Wildman–Crippen LogP) is 4.05. The number of hydrogen-bond acceptors (Lipinski definition) is 2. The van der Waals surface area contributed by atoms with Crippen molar-refractivity contribution in [2.45, 2.75) is 26.0 Å². The summed E-state index contributed by atoms with van der Waals surface area (Å²) in [6.07, 6.45) is 0.177. The molecular formula is C11H15Br2NO. The van der Waals surface area contributed by atoms with Crippen LogP contribution in [0.15, 0.2) is 27.1 Å². The molecule has 0 aliphatic rings. The number of ether oxygens (including phenoxy) is 1. The van der Waals surface area contributed by atoms with Crippen molar-refractivity contribution < 1.29 is 4.74 Å². The molecule has 1 rings (SSSR count). The third-order valence-electron chi connectivity index (χ3n) is 2.39. The van der Waals surface area contributed by atoms with E-state index in [0.717, 1.165) is 14.6 Å². The zero-order valence-electron chi connectivity index (χ0n) is 9.05. The standard InChI is InChI=1S/C11H15Br2NO/c1-7(8(2)15-3)14-11-6-9(12)4-5-10(11)13/h4-8,14H,1-3H3. The molecule has 0 amide bonds. The smallest absolute Gasteiger partial charge is 0.0741 e. The molecule has 84 valence electrons. The van der Waals surface area contributed by atoms with Crippen LogP contribution in [0.4, 0.5) is 5.69 Å². The van der Waals surface area contributed by atoms with Crippen molar-refractivity contribution in [2.24, 2.45) is 0 Å². The van der Waals surface area contributed by atoms with E-state index < -0.39 is 0 Å². The van der Waals surface area contributed by atoms with E-state index >= 15 is 0 Å². The number of rotatable bonds is 4. The van der Waals surface area contributed by atoms with Gasteiger partial charge in [0.2, 0.25) is 0 Å². The average molecular weight is 337 g/mol. The average Bonchev–Trinajstić information content (AvgIpc) is 2.22. The van der Waals surface area contributed by atoms with E-state index in [9.17, 15) is 0 Å². The first-order valence-electron chi connectivity index (χ1n) is 4.79. The molecule has 1 aromatic rings. The Bertz CT molecular complexity index is 330. The van der Waals surface area contributed by atoms with Crippen LogP contribution in [0.25, 0.3) is 0 Å². The van der Waals surface area contributed by atoms with Gasteiger partial charge in [-0.2, -0.15) is 0 Å². The summed E-state index contributed by atoms with van der Waals surface area (Å²) in [5, 5.41) is 3.40. The SMILES string of the molecule is COC(C)C(C)Nc1cc(Br)ccc1Br. The summed E-state index contributed by atoms with van der Waals surface area (Å²) < 4.78 is 7.38. The maximum atomic E-state index is 5.26. The van der Waals surface area contributed by atoms with Crippen LogP contribution < -0.4 is 5.32 Å². The molecule has 0 fully saturated rings. The first kappa shape index (κ1) is 13.0. The van der Waals surface area contributed by atoms with Crippen molar-refractivity contribution in [3.8, 4) is 0 Å². The van der Waals surface area contributed by atoms with Crippen LogP contribution in [-0.4, -0.2) is 19.3 Å². The molecular weight excluding hydrogens is 322 g/mol. The van der Waals surface area contributed by atoms with Gasteiger partial charge in [-0.1, -0.05) is 15.9 Å². The largest absolute Gasteiger partial charge is 0.380 e. The minimum absolute atomic E-state index is 0.177. The summed E-state index contributed by atoms with van der Waals surface area (Å²) in [6, 6.07) is 6.32. The summed E-state index contributed by atoms with van der Waals surface area (Å²) in [7, 11) is 1.72. The molecule has 0 heterocycles. The topological polar surface area (TPSA) is 21.3 Å². The number of halogens is 2. The highest BCUT2D eigenvalue weighted by Crippen LogP contribution is 2.27. The molecule has 2 nitrogen and oxygen atoms in total. The molecule has 0 saturated heterocycles. The molecule has 15 heavy (non-hydrogen) atoms. The lowest BCUT2D eigenvalue weighted by Gasteiger charge is -2.21. The Morgan fingerprint density at radius 3 is 2.53 bits per heavy atom. The lowest BCUT2D eigenvalue weighted by atomic mass is 10.2. The fraction of sp³-hybridized carbons (Fsp3) is 0.455. The number of hydrogen-bond donors (Lipinski definition) is 1. The van der Waals surface area contributed by atoms with Gasteiger partial charge < -0.3 is 10.1 Å². The maximum Gasteiger partial charge on any atom is 0.0741 e. The fourth-order valence-electron chi connectivity index (χ4n) is 1.17. The van der Waals surface area contributed by atoms with Crippen LogP contribution in [0.3, 0.4) is 0 Å². The lowest BCUT2D eigenvalue weighted by molar-refractivity contribution is 0.106. The summed E-state index contributed by atoms with van der Waals surface area (Å²) in [4.78, 5) is 0. The van der Waals surface area contributed by atoms with Gasteiger partial charge in [0.1, 0.15) is 0 Å². The molecule has 0 aliphatic carbocycles. The van der Waals surface area contributed by atoms with Gasteiger partial charge in [-0.15, -0.1) is 0 Å². The van der Waals surface area contributed by atoms with Crippen molar-refractivity contribution in [2.75, 3.05) is 12.4 Å². The summed E-state index contributed by atoms with van der Waals surface area (Å²) in [5.41, 5.74) is 1.07. The second kappa shape index (κ2) is 5.87. The highest BCUT2D eigenvalue weighted by molar-refractivity contribution is 9.11. The Morgan fingerprint density at radius 2 is 1.93 bits per heavy atom. The Morgan fingerprint density at radius 1 is 1.27 bits per heavy atom. The molecule has 2 atom stereocenters. The molecule has 0 bridgehead atoms. The van der Waals surface area contributed by atoms with Gasteiger partial charge in [0, 0.05) is 27.8 Å². The van der Waals surface area contributed by atoms with Gasteiger partial charge in [0.05, 0.1) is 6.10 Å². The van der Waals surface area contributed by atoms with Gasteiger partial charge in [-0.25, -0.2) is 0 Å². The Kier molecular flexibility index (Phi) is 5.09. The van der Waals surface area contributed by atoms with Crippen molar-refractivity contribution in [1.29, 1.82) is 0 Å². The zero-order valence-corrected chi connectivity index (χ0v) is 12.2. The van der Waals surface area contributed by atoms with Gasteiger partial charge in [0.15, 0.2) is 0 Å². The van der Waals surface area contributed by atoms with Crippen LogP contribution >= 0.6 is 31.9 Å². The number of anilines is 1. The Hall–Kier alpha value is -0.0600. The highest BCUT2D eigenvalue weighted by Gasteiger charge is 2.12. The Balaban J connectivity index is 2.75. The van der Waals surface area contributed by atoms with E-state index in [1.165, 1.54) is 0 Å². The van der Waals surface area contributed by atoms with Crippen LogP contribution in [0.2, 0.25) is 0 Å². The zero-order chi connectivity index (χ0) is 11.4. The van der Waals surface area contributed by atoms with E-state index in [2.05, 4.69) is 44.1 Å². The molecule has 4 heteroatoms. The molecule has 0 aliphatic heterocycles. The second-order valence-electron chi connectivity index (χ2n) is 3.50. The fourth-order valence-corrected chi connectivity index (χ4v) is 1.90. The minimum atomic E-state index is 0.177. The van der Waals surface area contributed by atoms with Crippen molar-refractivity contribution in [3.63, 3.8) is 0 Å². The van der Waals surface area contributed by atoms with E-state index in [1.54, 1.807) is 7.11 Å². The van der Waals surface area contributed by atoms with Crippen molar-refractivity contribution in [1.82, 2.24) is 0 Å². The number of methoxy groups -OCH3 is 1. The quantitative estimate of drug-likeness (QED) is 0.895. The van der Waals surface area contributed by atoms with Gasteiger partial charge in [0.25, 0.3) is 0 Å². The van der Waals surface area contributed by atoms with Gasteiger partial charge >= 0.3 is 0 Å². The van der Waals surface area contributed by atoms with Crippen LogP contribution in [-0.2, 0) is 4.74 Å². The molecule has 2 unspecified atom stereocenters. The van der Waals surface area contributed by atoms with Crippen LogP contribution in [0, 0.1) is 0 Å². The normalized spacial score (nSPS) is 14.7. The maximum absolute atomic E-state index is 5.26. The molecule has 0 saturated carbocycles. The summed E-state index contributed by atoms with van der Waals surface area (Å²) >= 11 is 6.95. The summed E-state index contributed by atoms with van der Waals surface area (Å²) in [5.74, 6) is 0. The van der Waals surface area contributed by atoms with Crippen LogP contribution in [0.5, 0.6) is 0 Å². The third kappa shape index (κ3) is 3.78. The van der Waals surface area contributed by atoms with Crippen molar-refractivity contribution >= 4 is 37.5 Å². The Labute approximate surface area is 108 Å². The van der Waals surface area contributed by atoms with Crippen molar-refractivity contribution in [3.05, 3.63) is 27.1 Å². The lowest BCUT2D eigenvalue weighted by Crippen LogP contribution is -2.29. The third-order valence-corrected chi connectivity index (χ3v) is 3.57. The molecule has 0 spiro atoms. The first-order chi connectivity index (χ1) is 7.04. The van der Waals surface area contributed by atoms with Crippen LogP contribution in [0.1, 0.15) is 13.8 Å². The highest BCUT2D eigenvalue weighted by atomic mass is 79.9. The monoisotopic (exact) mass is 335 g/mol.